The number of halogens is 1. The zero-order valence-corrected chi connectivity index (χ0v) is 13.2. The molecule has 1 aliphatic rings. The van der Waals surface area contributed by atoms with Gasteiger partial charge >= 0.3 is 0 Å². The van der Waals surface area contributed by atoms with Crippen LogP contribution in [0, 0.1) is 0 Å². The van der Waals surface area contributed by atoms with E-state index in [2.05, 4.69) is 36.5 Å². The number of fused-ring (bicyclic) bond motifs is 3. The number of aromatic nitrogens is 2. The van der Waals surface area contributed by atoms with E-state index in [-0.39, 0.29) is 0 Å². The summed E-state index contributed by atoms with van der Waals surface area (Å²) in [6, 6.07) is 11.9. The molecule has 0 amide bonds. The Morgan fingerprint density at radius 1 is 1.18 bits per heavy atom. The predicted molar refractivity (Wildman–Crippen MR) is 90.9 cm³/mol. The van der Waals surface area contributed by atoms with Crippen LogP contribution in [0.2, 0.25) is 0 Å². The molecule has 22 heavy (non-hydrogen) atoms. The number of hydrogen-bond acceptors (Lipinski definition) is 5. The Balaban J connectivity index is 1.86. The third-order valence-electron chi connectivity index (χ3n) is 3.51. The van der Waals surface area contributed by atoms with Crippen molar-refractivity contribution in [2.45, 2.75) is 0 Å². The fourth-order valence-corrected chi connectivity index (χ4v) is 2.95. The van der Waals surface area contributed by atoms with Crippen molar-refractivity contribution >= 4 is 44.0 Å². The average Bonchev–Trinajstić information content (AvgIpc) is 2.55. The summed E-state index contributed by atoms with van der Waals surface area (Å²) in [5, 5.41) is 7.58. The topological polar surface area (TPSA) is 59.1 Å². The summed E-state index contributed by atoms with van der Waals surface area (Å²) in [7, 11) is 0. The third-order valence-corrected chi connectivity index (χ3v) is 4.00. The summed E-state index contributed by atoms with van der Waals surface area (Å²) in [6.45, 7) is 1.44. The fourth-order valence-electron chi connectivity index (χ4n) is 2.55. The molecule has 2 aromatic carbocycles. The molecule has 0 saturated carbocycles. The van der Waals surface area contributed by atoms with Crippen LogP contribution in [0.25, 0.3) is 10.9 Å². The summed E-state index contributed by atoms with van der Waals surface area (Å²) < 4.78 is 6.86. The second kappa shape index (κ2) is 5.46. The molecule has 0 atom stereocenters. The molecule has 0 spiro atoms. The number of nitrogens with zero attached hydrogens (tertiary/aromatic N) is 2. The monoisotopic (exact) mass is 356 g/mol. The van der Waals surface area contributed by atoms with E-state index < -0.39 is 0 Å². The first-order chi connectivity index (χ1) is 10.8. The number of ether oxygens (including phenoxy) is 1. The minimum Gasteiger partial charge on any atom is -0.489 e. The lowest BCUT2D eigenvalue weighted by Crippen LogP contribution is -2.18. The lowest BCUT2D eigenvalue weighted by molar-refractivity contribution is 0.327. The number of anilines is 3. The maximum absolute atomic E-state index is 5.85. The molecule has 5 nitrogen and oxygen atoms in total. The van der Waals surface area contributed by atoms with E-state index in [0.29, 0.717) is 6.61 Å². The van der Waals surface area contributed by atoms with Gasteiger partial charge in [0.1, 0.15) is 18.8 Å². The van der Waals surface area contributed by atoms with E-state index >= 15 is 0 Å². The fraction of sp³-hybridized carbons (Fsp3) is 0.125. The Morgan fingerprint density at radius 3 is 3.05 bits per heavy atom. The zero-order chi connectivity index (χ0) is 14.9. The van der Waals surface area contributed by atoms with E-state index in [0.717, 1.165) is 44.9 Å². The van der Waals surface area contributed by atoms with Gasteiger partial charge in [0, 0.05) is 16.7 Å². The molecule has 0 saturated heterocycles. The second-order valence-electron chi connectivity index (χ2n) is 4.97. The normalized spacial score (nSPS) is 13.1. The third kappa shape index (κ3) is 2.35. The van der Waals surface area contributed by atoms with E-state index in [1.807, 2.05) is 36.4 Å². The molecule has 2 heterocycles. The van der Waals surface area contributed by atoms with Gasteiger partial charge in [-0.05, 0) is 30.3 Å². The maximum atomic E-state index is 5.85. The zero-order valence-electron chi connectivity index (χ0n) is 11.6. The van der Waals surface area contributed by atoms with E-state index in [4.69, 9.17) is 4.74 Å². The number of rotatable bonds is 2. The van der Waals surface area contributed by atoms with Crippen LogP contribution in [-0.4, -0.2) is 23.1 Å². The molecule has 3 aromatic rings. The standard InChI is InChI=1S/C16H13BrN4O/c17-10-2-1-3-11(8-10)21-16-14-12(19-9-20-16)4-5-13-15(14)22-7-6-18-13/h1-5,8-9,18H,6-7H2,(H,19,20,21). The van der Waals surface area contributed by atoms with Crippen molar-refractivity contribution in [3.8, 4) is 5.75 Å². The molecule has 110 valence electrons. The van der Waals surface area contributed by atoms with Crippen molar-refractivity contribution in [3.63, 3.8) is 0 Å². The highest BCUT2D eigenvalue weighted by Gasteiger charge is 2.17. The van der Waals surface area contributed by atoms with Gasteiger partial charge in [0.05, 0.1) is 16.6 Å². The summed E-state index contributed by atoms with van der Waals surface area (Å²) in [5.74, 6) is 1.55. The van der Waals surface area contributed by atoms with Crippen LogP contribution in [0.1, 0.15) is 0 Å². The quantitative estimate of drug-likeness (QED) is 0.728. The predicted octanol–water partition coefficient (Wildman–Crippen LogP) is 3.94. The van der Waals surface area contributed by atoms with Gasteiger partial charge < -0.3 is 15.4 Å². The molecular weight excluding hydrogens is 344 g/mol. The lowest BCUT2D eigenvalue weighted by Gasteiger charge is -2.21. The van der Waals surface area contributed by atoms with Crippen molar-refractivity contribution in [1.29, 1.82) is 0 Å². The first kappa shape index (κ1) is 13.3. The summed E-state index contributed by atoms with van der Waals surface area (Å²) in [6.07, 6.45) is 1.56. The Kier molecular flexibility index (Phi) is 3.31. The van der Waals surface area contributed by atoms with Gasteiger partial charge in [-0.3, -0.25) is 0 Å². The average molecular weight is 357 g/mol. The largest absolute Gasteiger partial charge is 0.489 e. The van der Waals surface area contributed by atoms with Crippen molar-refractivity contribution in [3.05, 3.63) is 47.2 Å². The first-order valence-corrected chi connectivity index (χ1v) is 7.77. The summed E-state index contributed by atoms with van der Waals surface area (Å²) in [4.78, 5) is 8.74. The molecule has 0 bridgehead atoms. The van der Waals surface area contributed by atoms with Gasteiger partial charge in [-0.2, -0.15) is 0 Å². The van der Waals surface area contributed by atoms with Crippen molar-refractivity contribution in [2.75, 3.05) is 23.8 Å². The van der Waals surface area contributed by atoms with Gasteiger partial charge in [0.25, 0.3) is 0 Å². The van der Waals surface area contributed by atoms with Crippen LogP contribution >= 0.6 is 15.9 Å². The molecule has 0 radical (unpaired) electrons. The number of benzene rings is 2. The lowest BCUT2D eigenvalue weighted by atomic mass is 10.1. The van der Waals surface area contributed by atoms with Crippen LogP contribution in [0.4, 0.5) is 17.2 Å². The van der Waals surface area contributed by atoms with E-state index in [9.17, 15) is 0 Å². The molecule has 0 unspecified atom stereocenters. The Hall–Kier alpha value is -2.34. The number of hydrogen-bond donors (Lipinski definition) is 2. The van der Waals surface area contributed by atoms with Crippen LogP contribution in [-0.2, 0) is 0 Å². The van der Waals surface area contributed by atoms with Crippen LogP contribution in [0.15, 0.2) is 47.2 Å². The summed E-state index contributed by atoms with van der Waals surface area (Å²) >= 11 is 3.48. The van der Waals surface area contributed by atoms with Crippen LogP contribution in [0.5, 0.6) is 5.75 Å². The Morgan fingerprint density at radius 2 is 2.14 bits per heavy atom. The smallest absolute Gasteiger partial charge is 0.155 e. The Labute approximate surface area is 135 Å². The van der Waals surface area contributed by atoms with Gasteiger partial charge in [0.15, 0.2) is 5.75 Å². The SMILES string of the molecule is Brc1cccc(Nc2ncnc3ccc4c(c23)OCCN4)c1. The van der Waals surface area contributed by atoms with Gasteiger partial charge in [-0.1, -0.05) is 22.0 Å². The molecule has 2 N–H and O–H groups in total. The first-order valence-electron chi connectivity index (χ1n) is 6.98. The highest BCUT2D eigenvalue weighted by molar-refractivity contribution is 9.10. The minimum absolute atomic E-state index is 0.636. The van der Waals surface area contributed by atoms with Crippen LogP contribution < -0.4 is 15.4 Å². The maximum Gasteiger partial charge on any atom is 0.155 e. The van der Waals surface area contributed by atoms with Gasteiger partial charge in [-0.25, -0.2) is 9.97 Å². The molecule has 4 rings (SSSR count). The summed E-state index contributed by atoms with van der Waals surface area (Å²) in [5.41, 5.74) is 2.79. The van der Waals surface area contributed by atoms with E-state index in [1.165, 1.54) is 0 Å². The number of nitrogens with one attached hydrogen (secondary N) is 2. The molecule has 6 heteroatoms. The Bertz CT molecular complexity index is 853. The van der Waals surface area contributed by atoms with Crippen molar-refractivity contribution < 1.29 is 4.74 Å². The highest BCUT2D eigenvalue weighted by Crippen LogP contribution is 2.38. The molecule has 0 aliphatic carbocycles. The van der Waals surface area contributed by atoms with E-state index in [1.54, 1.807) is 6.33 Å². The highest BCUT2D eigenvalue weighted by atomic mass is 79.9. The van der Waals surface area contributed by atoms with Crippen LogP contribution in [0.3, 0.4) is 0 Å². The van der Waals surface area contributed by atoms with Gasteiger partial charge in [-0.15, -0.1) is 0 Å². The van der Waals surface area contributed by atoms with Crippen molar-refractivity contribution in [1.82, 2.24) is 9.97 Å². The molecular formula is C16H13BrN4O. The van der Waals surface area contributed by atoms with Gasteiger partial charge in [0.2, 0.25) is 0 Å². The molecule has 1 aromatic heterocycles. The second-order valence-corrected chi connectivity index (χ2v) is 5.88. The van der Waals surface area contributed by atoms with Crippen molar-refractivity contribution in [2.24, 2.45) is 0 Å². The molecule has 0 fully saturated rings. The minimum atomic E-state index is 0.636. The molecule has 1 aliphatic heterocycles.